The van der Waals surface area contributed by atoms with Crippen molar-refractivity contribution in [3.8, 4) is 0 Å². The normalized spacial score (nSPS) is 12.3. The first-order chi connectivity index (χ1) is 17.0. The molecule has 0 rings (SSSR count). The number of hydrogen-bond donors (Lipinski definition) is 1. The third kappa shape index (κ3) is 18.1. The van der Waals surface area contributed by atoms with E-state index in [1.807, 2.05) is 0 Å². The van der Waals surface area contributed by atoms with Gasteiger partial charge in [-0.2, -0.15) is 0 Å². The minimum atomic E-state index is -2.16. The first-order valence-corrected chi connectivity index (χ1v) is 32.4. The van der Waals surface area contributed by atoms with Gasteiger partial charge in [-0.15, -0.1) is 0 Å². The Kier molecular flexibility index (Phi) is 24.9. The molecule has 210 valence electrons. The van der Waals surface area contributed by atoms with E-state index in [4.69, 9.17) is 0 Å². The average Bonchev–Trinajstić information content (AvgIpc) is 2.88. The molecule has 0 aliphatic heterocycles. The first kappa shape index (κ1) is 36.1. The Labute approximate surface area is 231 Å². The summed E-state index contributed by atoms with van der Waals surface area (Å²) in [5, 5.41) is 3.36. The topological polar surface area (TPSA) is 29.1 Å². The van der Waals surface area contributed by atoms with Crippen LogP contribution < -0.4 is 5.32 Å². The molecule has 0 heterocycles. The molecule has 0 atom stereocenters. The molecule has 0 saturated heterocycles. The van der Waals surface area contributed by atoms with E-state index >= 15 is 0 Å². The third-order valence-corrected chi connectivity index (χ3v) is 40.7. The maximum absolute atomic E-state index is 12.8. The second-order valence-electron chi connectivity index (χ2n) is 11.9. The van der Waals surface area contributed by atoms with Gasteiger partial charge in [0.1, 0.15) is 0 Å². The summed E-state index contributed by atoms with van der Waals surface area (Å²) < 4.78 is 12.3. The van der Waals surface area contributed by atoms with Crippen molar-refractivity contribution in [3.05, 3.63) is 0 Å². The van der Waals surface area contributed by atoms with Crippen molar-refractivity contribution >= 4 is 42.7 Å². The van der Waals surface area contributed by atoms with Crippen LogP contribution in [0.1, 0.15) is 138 Å². The number of nitrogens with one attached hydrogen (secondary N) is 1. The van der Waals surface area contributed by atoms with Gasteiger partial charge in [-0.05, 0) is 0 Å². The fraction of sp³-hybridized carbons (Fsp3) is 0.968. The molecule has 0 saturated carbocycles. The van der Waals surface area contributed by atoms with E-state index in [9.17, 15) is 4.79 Å². The summed E-state index contributed by atoms with van der Waals surface area (Å²) in [6, 6.07) is 0. The number of amides is 1. The molecular weight excluding hydrogens is 640 g/mol. The monoisotopic (exact) mass is 709 g/mol. The second kappa shape index (κ2) is 24.1. The van der Waals surface area contributed by atoms with Crippen molar-refractivity contribution in [2.45, 2.75) is 173 Å². The first-order valence-electron chi connectivity index (χ1n) is 16.2. The molecule has 0 aliphatic carbocycles. The number of carbonyl (C=O) groups is 1. The molecule has 35 heavy (non-hydrogen) atoms. The Balaban J connectivity index is 4.69. The van der Waals surface area contributed by atoms with E-state index in [0.717, 1.165) is 13.0 Å². The standard InChI is InChI=1S/C7H13NO.6C4H9.2Sn/c1-3-5-6-8-7(9)4-2;6*1-3-4-2;;/h1-6H2,(H,8,9);6*1,3-4H2,2H3;;. The van der Waals surface area contributed by atoms with Gasteiger partial charge in [0.05, 0.1) is 0 Å². The summed E-state index contributed by atoms with van der Waals surface area (Å²) in [4.78, 5) is 12.8. The summed E-state index contributed by atoms with van der Waals surface area (Å²) in [6.45, 7) is 15.1. The fourth-order valence-electron chi connectivity index (χ4n) is 6.13. The summed E-state index contributed by atoms with van der Waals surface area (Å²) in [5.41, 5.74) is 0. The maximum atomic E-state index is 12.8. The molecule has 0 bridgehead atoms. The quantitative estimate of drug-likeness (QED) is 0.0704. The Hall–Kier alpha value is 1.07. The summed E-state index contributed by atoms with van der Waals surface area (Å²) >= 11 is -4.14. The summed E-state index contributed by atoms with van der Waals surface area (Å²) in [5.74, 6) is 0.369. The SMILES string of the molecule is CCC[CH2][Sn]([CH2]CCC)([CH2]CCC)[CH2]CCCNC(=O)C[CH2][Sn]([CH2]CCC)([CH2]CCC)[CH2]CCC. The molecule has 2 nitrogen and oxygen atoms in total. The van der Waals surface area contributed by atoms with Crippen LogP contribution in [0, 0.1) is 0 Å². The molecule has 0 radical (unpaired) electrons. The van der Waals surface area contributed by atoms with Crippen LogP contribution in [0.25, 0.3) is 0 Å². The Morgan fingerprint density at radius 1 is 0.457 bits per heavy atom. The van der Waals surface area contributed by atoms with Crippen molar-refractivity contribution in [3.63, 3.8) is 0 Å². The van der Waals surface area contributed by atoms with E-state index in [-0.39, 0.29) is 0 Å². The number of unbranched alkanes of at least 4 members (excludes halogenated alkanes) is 7. The zero-order valence-electron chi connectivity index (χ0n) is 25.4. The Bertz CT molecular complexity index is 439. The molecule has 0 aromatic carbocycles. The van der Waals surface area contributed by atoms with Gasteiger partial charge in [-0.3, -0.25) is 0 Å². The van der Waals surface area contributed by atoms with E-state index in [1.54, 1.807) is 17.7 Å². The van der Waals surface area contributed by atoms with Crippen LogP contribution in [0.15, 0.2) is 0 Å². The van der Waals surface area contributed by atoms with Gasteiger partial charge in [0.2, 0.25) is 0 Å². The van der Waals surface area contributed by atoms with Gasteiger partial charge >= 0.3 is 233 Å². The van der Waals surface area contributed by atoms with Crippen molar-refractivity contribution in [1.29, 1.82) is 0 Å². The molecule has 1 amide bonds. The van der Waals surface area contributed by atoms with Gasteiger partial charge in [0.25, 0.3) is 0 Å². The average molecular weight is 707 g/mol. The van der Waals surface area contributed by atoms with Crippen LogP contribution in [0.4, 0.5) is 0 Å². The molecule has 0 unspecified atom stereocenters. The van der Waals surface area contributed by atoms with Crippen LogP contribution in [-0.2, 0) is 4.79 Å². The van der Waals surface area contributed by atoms with E-state index in [1.165, 1.54) is 108 Å². The van der Waals surface area contributed by atoms with Crippen LogP contribution in [0.5, 0.6) is 0 Å². The molecule has 0 aliphatic rings. The zero-order chi connectivity index (χ0) is 26.3. The van der Waals surface area contributed by atoms with E-state index < -0.39 is 36.8 Å². The molecule has 1 N–H and O–H groups in total. The Morgan fingerprint density at radius 3 is 1.11 bits per heavy atom. The van der Waals surface area contributed by atoms with Gasteiger partial charge in [0.15, 0.2) is 0 Å². The van der Waals surface area contributed by atoms with Crippen molar-refractivity contribution in [2.75, 3.05) is 6.54 Å². The summed E-state index contributed by atoms with van der Waals surface area (Å²) in [7, 11) is 0. The van der Waals surface area contributed by atoms with E-state index in [2.05, 4.69) is 46.9 Å². The van der Waals surface area contributed by atoms with Crippen LogP contribution in [-0.4, -0.2) is 49.2 Å². The van der Waals surface area contributed by atoms with Crippen LogP contribution in [0.3, 0.4) is 0 Å². The predicted molar refractivity (Wildman–Crippen MR) is 166 cm³/mol. The Morgan fingerprint density at radius 2 is 0.771 bits per heavy atom. The predicted octanol–water partition coefficient (Wildman–Crippen LogP) is 11.0. The number of hydrogen-bond acceptors (Lipinski definition) is 1. The van der Waals surface area contributed by atoms with Gasteiger partial charge < -0.3 is 0 Å². The number of carbonyl (C=O) groups excluding carboxylic acids is 1. The minimum absolute atomic E-state index is 0.369. The zero-order valence-corrected chi connectivity index (χ0v) is 31.1. The fourth-order valence-corrected chi connectivity index (χ4v) is 38.6. The molecule has 0 aromatic heterocycles. The van der Waals surface area contributed by atoms with Crippen LogP contribution >= 0.6 is 0 Å². The third-order valence-electron chi connectivity index (χ3n) is 8.70. The second-order valence-corrected chi connectivity index (χ2v) is 40.5. The number of rotatable bonds is 26. The van der Waals surface area contributed by atoms with Crippen molar-refractivity contribution < 1.29 is 4.79 Å². The van der Waals surface area contributed by atoms with E-state index in [0.29, 0.717) is 5.91 Å². The van der Waals surface area contributed by atoms with Gasteiger partial charge in [-0.25, -0.2) is 0 Å². The molecule has 4 heteroatoms. The summed E-state index contributed by atoms with van der Waals surface area (Å²) in [6.07, 6.45) is 20.2. The van der Waals surface area contributed by atoms with Gasteiger partial charge in [-0.1, -0.05) is 0 Å². The van der Waals surface area contributed by atoms with Crippen molar-refractivity contribution in [1.82, 2.24) is 5.32 Å². The molecular formula is C31H67NOSn2. The van der Waals surface area contributed by atoms with Crippen LogP contribution in [0.2, 0.25) is 35.5 Å². The van der Waals surface area contributed by atoms with Gasteiger partial charge in [0, 0.05) is 0 Å². The molecule has 0 fully saturated rings. The molecule has 0 aromatic rings. The molecule has 0 spiro atoms. The van der Waals surface area contributed by atoms with Crippen molar-refractivity contribution in [2.24, 2.45) is 0 Å².